The summed E-state index contributed by atoms with van der Waals surface area (Å²) >= 11 is 0. The number of carboxylic acid groups (broad SMARTS) is 1. The second-order valence-corrected chi connectivity index (χ2v) is 4.46. The number of nitrogens with one attached hydrogen (secondary N) is 1. The Morgan fingerprint density at radius 2 is 2.06 bits per heavy atom. The van der Waals surface area contributed by atoms with Crippen molar-refractivity contribution in [2.75, 3.05) is 5.32 Å². The van der Waals surface area contributed by atoms with Crippen LogP contribution in [0.15, 0.2) is 23.1 Å². The summed E-state index contributed by atoms with van der Waals surface area (Å²) in [4.78, 5) is 34.4. The molecule has 1 aliphatic carbocycles. The van der Waals surface area contributed by atoms with Crippen LogP contribution >= 0.6 is 0 Å². The molecule has 6 nitrogen and oxygen atoms in total. The minimum absolute atomic E-state index is 0.182. The van der Waals surface area contributed by atoms with Gasteiger partial charge in [-0.25, -0.2) is 0 Å². The maximum absolute atomic E-state index is 11.9. The van der Waals surface area contributed by atoms with Gasteiger partial charge >= 0.3 is 5.97 Å². The Morgan fingerprint density at radius 3 is 2.61 bits per heavy atom. The molecule has 2 rings (SSSR count). The highest BCUT2D eigenvalue weighted by Gasteiger charge is 2.41. The number of hydrogen-bond donors (Lipinski definition) is 2. The summed E-state index contributed by atoms with van der Waals surface area (Å²) in [7, 11) is 1.58. The fourth-order valence-electron chi connectivity index (χ4n) is 2.03. The minimum atomic E-state index is -0.956. The van der Waals surface area contributed by atoms with E-state index >= 15 is 0 Å². The van der Waals surface area contributed by atoms with Crippen molar-refractivity contribution in [1.82, 2.24) is 4.57 Å². The Hall–Kier alpha value is -2.11. The lowest BCUT2D eigenvalue weighted by atomic mass is 9.73. The molecule has 1 amide bonds. The predicted molar refractivity (Wildman–Crippen MR) is 64.2 cm³/mol. The number of rotatable bonds is 3. The van der Waals surface area contributed by atoms with Gasteiger partial charge in [-0.15, -0.1) is 0 Å². The zero-order chi connectivity index (χ0) is 13.3. The molecular formula is C12H14N2O4. The van der Waals surface area contributed by atoms with E-state index in [-0.39, 0.29) is 11.2 Å². The van der Waals surface area contributed by atoms with Crippen molar-refractivity contribution in [3.05, 3.63) is 28.7 Å². The molecule has 96 valence electrons. The highest BCUT2D eigenvalue weighted by Crippen LogP contribution is 2.35. The van der Waals surface area contributed by atoms with Gasteiger partial charge in [-0.1, -0.05) is 0 Å². The van der Waals surface area contributed by atoms with Crippen LogP contribution in [0.3, 0.4) is 0 Å². The highest BCUT2D eigenvalue weighted by atomic mass is 16.4. The Morgan fingerprint density at radius 1 is 1.39 bits per heavy atom. The Kier molecular flexibility index (Phi) is 3.18. The van der Waals surface area contributed by atoms with Gasteiger partial charge in [0.25, 0.3) is 5.56 Å². The van der Waals surface area contributed by atoms with E-state index in [1.54, 1.807) is 19.3 Å². The molecule has 2 N–H and O–H groups in total. The van der Waals surface area contributed by atoms with Gasteiger partial charge in [0, 0.05) is 13.2 Å². The highest BCUT2D eigenvalue weighted by molar-refractivity contribution is 5.95. The summed E-state index contributed by atoms with van der Waals surface area (Å²) in [5.74, 6) is -2.51. The first-order chi connectivity index (χ1) is 8.50. The second kappa shape index (κ2) is 4.64. The summed E-state index contributed by atoms with van der Waals surface area (Å²) < 4.78 is 1.35. The zero-order valence-electron chi connectivity index (χ0n) is 9.92. The number of carboxylic acids is 1. The van der Waals surface area contributed by atoms with Crippen LogP contribution < -0.4 is 10.9 Å². The van der Waals surface area contributed by atoms with Crippen molar-refractivity contribution in [3.63, 3.8) is 0 Å². The molecule has 0 spiro atoms. The number of amides is 1. The second-order valence-electron chi connectivity index (χ2n) is 4.46. The quantitative estimate of drug-likeness (QED) is 0.814. The number of pyridine rings is 1. The Bertz CT molecular complexity index is 549. The fraction of sp³-hybridized carbons (Fsp3) is 0.417. The van der Waals surface area contributed by atoms with Crippen molar-refractivity contribution >= 4 is 17.6 Å². The van der Waals surface area contributed by atoms with Crippen LogP contribution in [0.4, 0.5) is 5.69 Å². The molecule has 2 atom stereocenters. The summed E-state index contributed by atoms with van der Waals surface area (Å²) in [5, 5.41) is 11.4. The topological polar surface area (TPSA) is 88.4 Å². The van der Waals surface area contributed by atoms with Crippen LogP contribution in [0, 0.1) is 11.8 Å². The van der Waals surface area contributed by atoms with E-state index in [9.17, 15) is 14.4 Å². The van der Waals surface area contributed by atoms with Gasteiger partial charge < -0.3 is 15.0 Å². The molecule has 18 heavy (non-hydrogen) atoms. The Labute approximate surface area is 103 Å². The van der Waals surface area contributed by atoms with Crippen molar-refractivity contribution in [2.24, 2.45) is 18.9 Å². The monoisotopic (exact) mass is 250 g/mol. The molecule has 1 aromatic rings. The predicted octanol–water partition coefficient (Wildman–Crippen LogP) is 0.435. The first-order valence-electron chi connectivity index (χ1n) is 5.70. The largest absolute Gasteiger partial charge is 0.481 e. The van der Waals surface area contributed by atoms with E-state index in [1.165, 1.54) is 10.6 Å². The lowest BCUT2D eigenvalue weighted by molar-refractivity contribution is -0.151. The van der Waals surface area contributed by atoms with Crippen molar-refractivity contribution < 1.29 is 14.7 Å². The smallest absolute Gasteiger partial charge is 0.307 e. The van der Waals surface area contributed by atoms with Gasteiger partial charge in [0.1, 0.15) is 5.69 Å². The minimum Gasteiger partial charge on any atom is -0.481 e. The maximum Gasteiger partial charge on any atom is 0.307 e. The van der Waals surface area contributed by atoms with Crippen LogP contribution in [-0.2, 0) is 16.6 Å². The number of hydrogen-bond acceptors (Lipinski definition) is 3. The van der Waals surface area contributed by atoms with Crippen molar-refractivity contribution in [2.45, 2.75) is 12.8 Å². The first kappa shape index (κ1) is 12.3. The third-order valence-corrected chi connectivity index (χ3v) is 3.31. The first-order valence-corrected chi connectivity index (χ1v) is 5.70. The molecule has 2 unspecified atom stereocenters. The molecule has 0 aromatic carbocycles. The van der Waals surface area contributed by atoms with Crippen molar-refractivity contribution in [1.29, 1.82) is 0 Å². The van der Waals surface area contributed by atoms with E-state index in [4.69, 9.17) is 5.11 Å². The van der Waals surface area contributed by atoms with E-state index in [0.29, 0.717) is 12.8 Å². The zero-order valence-corrected chi connectivity index (χ0v) is 9.92. The van der Waals surface area contributed by atoms with Crippen molar-refractivity contribution in [3.8, 4) is 0 Å². The van der Waals surface area contributed by atoms with Crippen LogP contribution in [0.25, 0.3) is 0 Å². The standard InChI is InChI=1S/C12H14N2O4/c1-14-6-2-3-9(11(14)16)13-10(15)7-4-5-8(7)12(17)18/h2-3,6-8H,4-5H2,1H3,(H,13,15)(H,17,18). The number of aromatic nitrogens is 1. The number of carbonyl (C=O) groups excluding carboxylic acids is 1. The normalized spacial score (nSPS) is 22.1. The van der Waals surface area contributed by atoms with Crippen LogP contribution in [0.2, 0.25) is 0 Å². The molecule has 6 heteroatoms. The van der Waals surface area contributed by atoms with E-state index in [0.717, 1.165) is 0 Å². The molecule has 1 fully saturated rings. The summed E-state index contributed by atoms with van der Waals surface area (Å²) in [6.45, 7) is 0. The van der Waals surface area contributed by atoms with Gasteiger partial charge in [-0.3, -0.25) is 14.4 Å². The van der Waals surface area contributed by atoms with E-state index in [1.807, 2.05) is 0 Å². The molecule has 1 heterocycles. The van der Waals surface area contributed by atoms with Crippen LogP contribution in [-0.4, -0.2) is 21.6 Å². The maximum atomic E-state index is 11.9. The summed E-state index contributed by atoms with van der Waals surface area (Å²) in [6.07, 6.45) is 2.65. The molecule has 0 bridgehead atoms. The molecular weight excluding hydrogens is 236 g/mol. The van der Waals surface area contributed by atoms with Gasteiger partial charge in [0.15, 0.2) is 0 Å². The summed E-state index contributed by atoms with van der Waals surface area (Å²) in [5.41, 5.74) is -0.127. The Balaban J connectivity index is 2.10. The number of aryl methyl sites for hydroxylation is 1. The van der Waals surface area contributed by atoms with Gasteiger partial charge in [-0.2, -0.15) is 0 Å². The van der Waals surface area contributed by atoms with E-state index in [2.05, 4.69) is 5.32 Å². The fourth-order valence-corrected chi connectivity index (χ4v) is 2.03. The third kappa shape index (κ3) is 2.13. The third-order valence-electron chi connectivity index (χ3n) is 3.31. The van der Waals surface area contributed by atoms with Crippen LogP contribution in [0.5, 0.6) is 0 Å². The lowest BCUT2D eigenvalue weighted by Crippen LogP contribution is -2.41. The average Bonchev–Trinajstić information content (AvgIpc) is 2.22. The number of carbonyl (C=O) groups is 2. The SMILES string of the molecule is Cn1cccc(NC(=O)C2CCC2C(=O)O)c1=O. The molecule has 0 radical (unpaired) electrons. The average molecular weight is 250 g/mol. The summed E-state index contributed by atoms with van der Waals surface area (Å²) in [6, 6.07) is 3.15. The number of anilines is 1. The van der Waals surface area contributed by atoms with Gasteiger partial charge in [-0.05, 0) is 25.0 Å². The van der Waals surface area contributed by atoms with Gasteiger partial charge in [0.05, 0.1) is 11.8 Å². The lowest BCUT2D eigenvalue weighted by Gasteiger charge is -2.31. The number of nitrogens with zero attached hydrogens (tertiary/aromatic N) is 1. The molecule has 0 saturated heterocycles. The molecule has 0 aliphatic heterocycles. The number of aliphatic carboxylic acids is 1. The van der Waals surface area contributed by atoms with E-state index < -0.39 is 23.7 Å². The molecule has 1 aliphatic rings. The molecule has 1 aromatic heterocycles. The van der Waals surface area contributed by atoms with Crippen LogP contribution in [0.1, 0.15) is 12.8 Å². The van der Waals surface area contributed by atoms with Gasteiger partial charge in [0.2, 0.25) is 5.91 Å². The molecule has 1 saturated carbocycles.